The Labute approximate surface area is 150 Å². The second-order valence-corrected chi connectivity index (χ2v) is 8.18. The van der Waals surface area contributed by atoms with E-state index >= 15 is 0 Å². The lowest BCUT2D eigenvalue weighted by atomic mass is 10.1. The van der Waals surface area contributed by atoms with Crippen molar-refractivity contribution in [1.29, 1.82) is 0 Å². The van der Waals surface area contributed by atoms with Crippen LogP contribution < -0.4 is 0 Å². The van der Waals surface area contributed by atoms with Crippen molar-refractivity contribution >= 4 is 40.6 Å². The van der Waals surface area contributed by atoms with Gasteiger partial charge in [0, 0.05) is 41.2 Å². The summed E-state index contributed by atoms with van der Waals surface area (Å²) >= 11 is 9.20. The Morgan fingerprint density at radius 2 is 1.96 bits per heavy atom. The second-order valence-electron chi connectivity index (χ2n) is 5.55. The van der Waals surface area contributed by atoms with Crippen LogP contribution in [0.15, 0.2) is 34.0 Å². The Hall–Kier alpha value is -1.04. The van der Waals surface area contributed by atoms with Crippen molar-refractivity contribution in [3.8, 4) is 11.3 Å². The van der Waals surface area contributed by atoms with E-state index in [2.05, 4.69) is 10.4 Å². The normalized spacial score (nSPS) is 14.9. The maximum atomic E-state index is 12.1. The summed E-state index contributed by atoms with van der Waals surface area (Å²) in [4.78, 5) is 18.8. The predicted molar refractivity (Wildman–Crippen MR) is 98.3 cm³/mol. The number of benzene rings is 1. The van der Waals surface area contributed by atoms with Crippen LogP contribution in [0.5, 0.6) is 0 Å². The molecule has 3 nitrogen and oxygen atoms in total. The molecule has 2 aromatic rings. The molecule has 1 fully saturated rings. The first-order valence-electron chi connectivity index (χ1n) is 7.84. The molecular weight excluding hydrogens is 348 g/mol. The molecule has 1 saturated heterocycles. The average molecular weight is 367 g/mol. The van der Waals surface area contributed by atoms with Crippen LogP contribution in [0, 0.1) is 0 Å². The highest BCUT2D eigenvalue weighted by Crippen LogP contribution is 2.29. The molecule has 1 aliphatic rings. The SMILES string of the molecule is O=C(CCSc1nc(-c2ccc(Cl)cc2)cs1)N1CCCCC1. The molecule has 0 N–H and O–H groups in total. The van der Waals surface area contributed by atoms with E-state index in [4.69, 9.17) is 11.6 Å². The molecule has 0 aliphatic carbocycles. The summed E-state index contributed by atoms with van der Waals surface area (Å²) in [6.45, 7) is 1.86. The van der Waals surface area contributed by atoms with Gasteiger partial charge >= 0.3 is 0 Å². The Balaban J connectivity index is 1.49. The van der Waals surface area contributed by atoms with Gasteiger partial charge in [-0.3, -0.25) is 4.79 Å². The number of hydrogen-bond donors (Lipinski definition) is 0. The van der Waals surface area contributed by atoms with Gasteiger partial charge in [-0.2, -0.15) is 0 Å². The molecule has 1 amide bonds. The quantitative estimate of drug-likeness (QED) is 0.701. The number of carbonyl (C=O) groups excluding carboxylic acids is 1. The van der Waals surface area contributed by atoms with Crippen molar-refractivity contribution in [1.82, 2.24) is 9.88 Å². The van der Waals surface area contributed by atoms with Crippen LogP contribution in [0.3, 0.4) is 0 Å². The van der Waals surface area contributed by atoms with Gasteiger partial charge in [0.2, 0.25) is 5.91 Å². The minimum Gasteiger partial charge on any atom is -0.343 e. The average Bonchev–Trinajstić information content (AvgIpc) is 3.05. The number of thiazole rings is 1. The van der Waals surface area contributed by atoms with Gasteiger partial charge in [-0.25, -0.2) is 4.98 Å². The van der Waals surface area contributed by atoms with E-state index in [1.54, 1.807) is 23.1 Å². The molecule has 0 unspecified atom stereocenters. The third kappa shape index (κ3) is 4.72. The number of nitrogens with zero attached hydrogens (tertiary/aromatic N) is 2. The van der Waals surface area contributed by atoms with Crippen molar-refractivity contribution in [3.63, 3.8) is 0 Å². The topological polar surface area (TPSA) is 33.2 Å². The molecule has 1 aromatic carbocycles. The first kappa shape index (κ1) is 16.8. The van der Waals surface area contributed by atoms with Crippen LogP contribution in [0.2, 0.25) is 5.02 Å². The first-order chi connectivity index (χ1) is 11.2. The molecule has 0 bridgehead atoms. The lowest BCUT2D eigenvalue weighted by Crippen LogP contribution is -2.35. The third-order valence-corrected chi connectivity index (χ3v) is 6.15. The third-order valence-electron chi connectivity index (χ3n) is 3.87. The highest BCUT2D eigenvalue weighted by Gasteiger charge is 2.16. The van der Waals surface area contributed by atoms with Gasteiger partial charge in [0.1, 0.15) is 0 Å². The molecule has 0 radical (unpaired) electrons. The zero-order valence-electron chi connectivity index (χ0n) is 12.8. The molecule has 1 aliphatic heterocycles. The van der Waals surface area contributed by atoms with Crippen LogP contribution in [-0.4, -0.2) is 34.6 Å². The van der Waals surface area contributed by atoms with E-state index in [1.807, 2.05) is 29.2 Å². The lowest BCUT2D eigenvalue weighted by Gasteiger charge is -2.26. The molecule has 3 rings (SSSR count). The summed E-state index contributed by atoms with van der Waals surface area (Å²) < 4.78 is 1.02. The number of rotatable bonds is 5. The number of piperidine rings is 1. The monoisotopic (exact) mass is 366 g/mol. The van der Waals surface area contributed by atoms with E-state index in [9.17, 15) is 4.79 Å². The van der Waals surface area contributed by atoms with Gasteiger partial charge in [0.15, 0.2) is 4.34 Å². The van der Waals surface area contributed by atoms with Gasteiger partial charge in [-0.05, 0) is 31.4 Å². The molecule has 0 atom stereocenters. The van der Waals surface area contributed by atoms with Crippen molar-refractivity contribution < 1.29 is 4.79 Å². The van der Waals surface area contributed by atoms with Gasteiger partial charge in [-0.1, -0.05) is 35.5 Å². The van der Waals surface area contributed by atoms with Crippen LogP contribution in [-0.2, 0) is 4.79 Å². The van der Waals surface area contributed by atoms with Crippen LogP contribution in [0.4, 0.5) is 0 Å². The minimum absolute atomic E-state index is 0.284. The number of halogens is 1. The van der Waals surface area contributed by atoms with Crippen molar-refractivity contribution in [2.75, 3.05) is 18.8 Å². The van der Waals surface area contributed by atoms with Gasteiger partial charge < -0.3 is 4.90 Å². The Morgan fingerprint density at radius 1 is 1.22 bits per heavy atom. The van der Waals surface area contributed by atoms with Gasteiger partial charge in [0.25, 0.3) is 0 Å². The van der Waals surface area contributed by atoms with Gasteiger partial charge in [0.05, 0.1) is 5.69 Å². The highest BCUT2D eigenvalue weighted by atomic mass is 35.5. The van der Waals surface area contributed by atoms with Crippen LogP contribution >= 0.6 is 34.7 Å². The summed E-state index contributed by atoms with van der Waals surface area (Å²) in [5.41, 5.74) is 2.04. The second kappa shape index (κ2) is 8.18. The fourth-order valence-corrected chi connectivity index (χ4v) is 4.56. The van der Waals surface area contributed by atoms with Crippen molar-refractivity contribution in [2.45, 2.75) is 30.0 Å². The zero-order chi connectivity index (χ0) is 16.1. The molecule has 6 heteroatoms. The highest BCUT2D eigenvalue weighted by molar-refractivity contribution is 8.01. The minimum atomic E-state index is 0.284. The molecule has 1 aromatic heterocycles. The standard InChI is InChI=1S/C17H19ClN2OS2/c18-14-6-4-13(5-7-14)15-12-23-17(19-15)22-11-8-16(21)20-9-2-1-3-10-20/h4-7,12H,1-3,8-11H2. The maximum Gasteiger partial charge on any atom is 0.223 e. The summed E-state index contributed by atoms with van der Waals surface area (Å²) in [5, 5.41) is 2.78. The number of hydrogen-bond acceptors (Lipinski definition) is 4. The molecule has 122 valence electrons. The Kier molecular flexibility index (Phi) is 5.97. The maximum absolute atomic E-state index is 12.1. The van der Waals surface area contributed by atoms with E-state index < -0.39 is 0 Å². The van der Waals surface area contributed by atoms with E-state index in [1.165, 1.54) is 6.42 Å². The zero-order valence-corrected chi connectivity index (χ0v) is 15.2. The van der Waals surface area contributed by atoms with E-state index in [0.29, 0.717) is 6.42 Å². The number of carbonyl (C=O) groups is 1. The lowest BCUT2D eigenvalue weighted by molar-refractivity contribution is -0.131. The molecule has 0 spiro atoms. The summed E-state index contributed by atoms with van der Waals surface area (Å²) in [6.07, 6.45) is 4.15. The smallest absolute Gasteiger partial charge is 0.223 e. The summed E-state index contributed by atoms with van der Waals surface area (Å²) in [5.74, 6) is 1.08. The predicted octanol–water partition coefficient (Wildman–Crippen LogP) is 4.96. The van der Waals surface area contributed by atoms with E-state index in [0.717, 1.165) is 52.3 Å². The largest absolute Gasteiger partial charge is 0.343 e. The van der Waals surface area contributed by atoms with Crippen LogP contribution in [0.25, 0.3) is 11.3 Å². The molecule has 23 heavy (non-hydrogen) atoms. The number of thioether (sulfide) groups is 1. The van der Waals surface area contributed by atoms with Crippen LogP contribution in [0.1, 0.15) is 25.7 Å². The Bertz CT molecular complexity index is 651. The number of likely N-dealkylation sites (tertiary alicyclic amines) is 1. The van der Waals surface area contributed by atoms with Crippen molar-refractivity contribution in [2.24, 2.45) is 0 Å². The first-order valence-corrected chi connectivity index (χ1v) is 10.1. The Morgan fingerprint density at radius 3 is 2.70 bits per heavy atom. The van der Waals surface area contributed by atoms with Gasteiger partial charge in [-0.15, -0.1) is 11.3 Å². The molecule has 0 saturated carbocycles. The van der Waals surface area contributed by atoms with Crippen molar-refractivity contribution in [3.05, 3.63) is 34.7 Å². The number of amides is 1. The summed E-state index contributed by atoms with van der Waals surface area (Å²) in [7, 11) is 0. The molecular formula is C17H19ClN2OS2. The fourth-order valence-electron chi connectivity index (χ4n) is 2.60. The summed E-state index contributed by atoms with van der Waals surface area (Å²) in [6, 6.07) is 7.71. The molecule has 2 heterocycles. The number of aromatic nitrogens is 1. The fraction of sp³-hybridized carbons (Fsp3) is 0.412. The van der Waals surface area contributed by atoms with E-state index in [-0.39, 0.29) is 5.91 Å².